The van der Waals surface area contributed by atoms with Crippen LogP contribution in [0.5, 0.6) is 5.75 Å². The standard InChI is InChI=1S/C22H18N2O3/c23-14-18-7-4-8-19(13-18)16-26-21-11-9-20(10-12-21)24-22(25)27-15-17-5-2-1-3-6-17/h1-13H,15-16H2,(H,24,25). The lowest BCUT2D eigenvalue weighted by atomic mass is 10.1. The number of carbonyl (C=O) groups is 1. The smallest absolute Gasteiger partial charge is 0.411 e. The molecule has 0 aliphatic heterocycles. The maximum Gasteiger partial charge on any atom is 0.411 e. The Morgan fingerprint density at radius 3 is 2.37 bits per heavy atom. The monoisotopic (exact) mass is 358 g/mol. The van der Waals surface area contributed by atoms with Crippen LogP contribution in [-0.2, 0) is 18.0 Å². The summed E-state index contributed by atoms with van der Waals surface area (Å²) in [5.41, 5.74) is 3.06. The van der Waals surface area contributed by atoms with Crippen LogP contribution in [0.4, 0.5) is 10.5 Å². The highest BCUT2D eigenvalue weighted by Crippen LogP contribution is 2.18. The fourth-order valence-corrected chi connectivity index (χ4v) is 2.41. The van der Waals surface area contributed by atoms with Gasteiger partial charge < -0.3 is 9.47 Å². The van der Waals surface area contributed by atoms with Crippen molar-refractivity contribution in [2.24, 2.45) is 0 Å². The number of nitrogens with zero attached hydrogens (tertiary/aromatic N) is 1. The quantitative estimate of drug-likeness (QED) is 0.681. The first-order chi connectivity index (χ1) is 13.2. The molecule has 0 radical (unpaired) electrons. The summed E-state index contributed by atoms with van der Waals surface area (Å²) in [5, 5.41) is 11.6. The summed E-state index contributed by atoms with van der Waals surface area (Å²) in [6.07, 6.45) is -0.513. The molecule has 5 heteroatoms. The minimum atomic E-state index is -0.513. The zero-order valence-electron chi connectivity index (χ0n) is 14.6. The van der Waals surface area contributed by atoms with E-state index in [2.05, 4.69) is 11.4 Å². The predicted octanol–water partition coefficient (Wildman–Crippen LogP) is 4.89. The number of hydrogen-bond donors (Lipinski definition) is 1. The van der Waals surface area contributed by atoms with Crippen molar-refractivity contribution < 1.29 is 14.3 Å². The Morgan fingerprint density at radius 2 is 1.63 bits per heavy atom. The highest BCUT2D eigenvalue weighted by molar-refractivity contribution is 5.84. The summed E-state index contributed by atoms with van der Waals surface area (Å²) in [4.78, 5) is 11.9. The molecule has 0 aliphatic rings. The molecule has 0 unspecified atom stereocenters. The third kappa shape index (κ3) is 5.62. The molecule has 0 atom stereocenters. The molecule has 3 rings (SSSR count). The van der Waals surface area contributed by atoms with Crippen LogP contribution in [0.3, 0.4) is 0 Å². The number of ether oxygens (including phenoxy) is 2. The summed E-state index contributed by atoms with van der Waals surface area (Å²) in [7, 11) is 0. The molecule has 0 fully saturated rings. The molecule has 0 saturated heterocycles. The number of carbonyl (C=O) groups excluding carboxylic acids is 1. The molecule has 3 aromatic rings. The molecule has 134 valence electrons. The van der Waals surface area contributed by atoms with E-state index in [4.69, 9.17) is 14.7 Å². The van der Waals surface area contributed by atoms with Gasteiger partial charge in [0.1, 0.15) is 19.0 Å². The Hall–Kier alpha value is -3.78. The first kappa shape index (κ1) is 18.0. The third-order valence-electron chi connectivity index (χ3n) is 3.78. The Kier molecular flexibility index (Phi) is 6.05. The Labute approximate surface area is 157 Å². The maximum absolute atomic E-state index is 11.9. The molecule has 1 N–H and O–H groups in total. The summed E-state index contributed by atoms with van der Waals surface area (Å²) in [5.74, 6) is 0.667. The van der Waals surface area contributed by atoms with Gasteiger partial charge in [0.25, 0.3) is 0 Å². The average molecular weight is 358 g/mol. The van der Waals surface area contributed by atoms with Gasteiger partial charge in [-0.3, -0.25) is 5.32 Å². The SMILES string of the molecule is N#Cc1cccc(COc2ccc(NC(=O)OCc3ccccc3)cc2)c1. The number of anilines is 1. The molecule has 27 heavy (non-hydrogen) atoms. The first-order valence-electron chi connectivity index (χ1n) is 8.42. The fourth-order valence-electron chi connectivity index (χ4n) is 2.41. The minimum Gasteiger partial charge on any atom is -0.489 e. The number of rotatable bonds is 6. The van der Waals surface area contributed by atoms with E-state index in [0.29, 0.717) is 23.6 Å². The highest BCUT2D eigenvalue weighted by atomic mass is 16.5. The van der Waals surface area contributed by atoms with Gasteiger partial charge in [-0.15, -0.1) is 0 Å². The summed E-state index contributed by atoms with van der Waals surface area (Å²) in [6, 6.07) is 25.9. The average Bonchev–Trinajstić information content (AvgIpc) is 2.73. The van der Waals surface area contributed by atoms with Crippen LogP contribution < -0.4 is 10.1 Å². The molecule has 0 aliphatic carbocycles. The number of nitrogens with one attached hydrogen (secondary N) is 1. The molecule has 5 nitrogen and oxygen atoms in total. The van der Waals surface area contributed by atoms with Gasteiger partial charge in [0.15, 0.2) is 0 Å². The molecule has 0 spiro atoms. The van der Waals surface area contributed by atoms with E-state index < -0.39 is 6.09 Å². The zero-order valence-corrected chi connectivity index (χ0v) is 14.6. The topological polar surface area (TPSA) is 71.3 Å². The third-order valence-corrected chi connectivity index (χ3v) is 3.78. The molecule has 0 aromatic heterocycles. The number of nitriles is 1. The number of benzene rings is 3. The largest absolute Gasteiger partial charge is 0.489 e. The molecular weight excluding hydrogens is 340 g/mol. The second-order valence-electron chi connectivity index (χ2n) is 5.81. The Morgan fingerprint density at radius 1 is 0.889 bits per heavy atom. The molecule has 3 aromatic carbocycles. The fraction of sp³-hybridized carbons (Fsp3) is 0.0909. The predicted molar refractivity (Wildman–Crippen MR) is 102 cm³/mol. The van der Waals surface area contributed by atoms with Gasteiger partial charge in [-0.05, 0) is 47.5 Å². The number of amides is 1. The van der Waals surface area contributed by atoms with E-state index in [9.17, 15) is 4.79 Å². The molecular formula is C22H18N2O3. The van der Waals surface area contributed by atoms with E-state index in [-0.39, 0.29) is 6.61 Å². The van der Waals surface area contributed by atoms with Gasteiger partial charge in [0, 0.05) is 5.69 Å². The van der Waals surface area contributed by atoms with Crippen molar-refractivity contribution in [3.05, 3.63) is 95.6 Å². The van der Waals surface area contributed by atoms with Crippen LogP contribution in [0.2, 0.25) is 0 Å². The van der Waals surface area contributed by atoms with E-state index >= 15 is 0 Å². The first-order valence-corrected chi connectivity index (χ1v) is 8.42. The van der Waals surface area contributed by atoms with Crippen molar-refractivity contribution in [3.8, 4) is 11.8 Å². The van der Waals surface area contributed by atoms with Gasteiger partial charge in [-0.25, -0.2) is 4.79 Å². The summed E-state index contributed by atoms with van der Waals surface area (Å²) in [6.45, 7) is 0.580. The van der Waals surface area contributed by atoms with Crippen LogP contribution >= 0.6 is 0 Å². The van der Waals surface area contributed by atoms with Crippen LogP contribution in [-0.4, -0.2) is 6.09 Å². The summed E-state index contributed by atoms with van der Waals surface area (Å²) >= 11 is 0. The van der Waals surface area contributed by atoms with Crippen LogP contribution in [0.25, 0.3) is 0 Å². The normalized spacial score (nSPS) is 9.89. The lowest BCUT2D eigenvalue weighted by molar-refractivity contribution is 0.155. The van der Waals surface area contributed by atoms with E-state index in [1.807, 2.05) is 42.5 Å². The second-order valence-corrected chi connectivity index (χ2v) is 5.81. The van der Waals surface area contributed by atoms with E-state index in [1.54, 1.807) is 36.4 Å². The Bertz CT molecular complexity index is 932. The minimum absolute atomic E-state index is 0.218. The van der Waals surface area contributed by atoms with Crippen molar-refractivity contribution in [2.45, 2.75) is 13.2 Å². The van der Waals surface area contributed by atoms with Gasteiger partial charge >= 0.3 is 6.09 Å². The molecule has 0 heterocycles. The van der Waals surface area contributed by atoms with Crippen LogP contribution in [0.1, 0.15) is 16.7 Å². The highest BCUT2D eigenvalue weighted by Gasteiger charge is 2.04. The zero-order chi connectivity index (χ0) is 18.9. The van der Waals surface area contributed by atoms with Crippen molar-refractivity contribution in [3.63, 3.8) is 0 Å². The second kappa shape index (κ2) is 9.07. The lowest BCUT2D eigenvalue weighted by Crippen LogP contribution is -2.13. The lowest BCUT2D eigenvalue weighted by Gasteiger charge is -2.09. The van der Waals surface area contributed by atoms with Crippen molar-refractivity contribution in [1.82, 2.24) is 0 Å². The molecule has 1 amide bonds. The van der Waals surface area contributed by atoms with Gasteiger partial charge in [0.2, 0.25) is 0 Å². The van der Waals surface area contributed by atoms with Crippen molar-refractivity contribution >= 4 is 11.8 Å². The molecule has 0 bridgehead atoms. The van der Waals surface area contributed by atoms with Crippen LogP contribution in [0.15, 0.2) is 78.9 Å². The van der Waals surface area contributed by atoms with E-state index in [0.717, 1.165) is 11.1 Å². The summed E-state index contributed by atoms with van der Waals surface area (Å²) < 4.78 is 10.9. The number of hydrogen-bond acceptors (Lipinski definition) is 4. The molecule has 0 saturated carbocycles. The van der Waals surface area contributed by atoms with Crippen LogP contribution in [0, 0.1) is 11.3 Å². The van der Waals surface area contributed by atoms with E-state index in [1.165, 1.54) is 0 Å². The van der Waals surface area contributed by atoms with Crippen molar-refractivity contribution in [2.75, 3.05) is 5.32 Å². The Balaban J connectivity index is 1.48. The van der Waals surface area contributed by atoms with Crippen molar-refractivity contribution in [1.29, 1.82) is 5.26 Å². The van der Waals surface area contributed by atoms with Gasteiger partial charge in [-0.1, -0.05) is 42.5 Å². The van der Waals surface area contributed by atoms with Gasteiger partial charge in [0.05, 0.1) is 11.6 Å². The maximum atomic E-state index is 11.9. The van der Waals surface area contributed by atoms with Gasteiger partial charge in [-0.2, -0.15) is 5.26 Å².